The first-order valence-corrected chi connectivity index (χ1v) is 11.0. The number of carboxylic acids is 1. The quantitative estimate of drug-likeness (QED) is 0.431. The van der Waals surface area contributed by atoms with E-state index in [0.717, 1.165) is 25.7 Å². The van der Waals surface area contributed by atoms with Crippen LogP contribution in [0.2, 0.25) is 0 Å². The van der Waals surface area contributed by atoms with Crippen molar-refractivity contribution in [3.63, 3.8) is 0 Å². The number of carbonyl (C=O) groups excluding carboxylic acids is 1. The van der Waals surface area contributed by atoms with Gasteiger partial charge < -0.3 is 5.11 Å². The van der Waals surface area contributed by atoms with Crippen LogP contribution in [0.15, 0.2) is 29.2 Å². The zero-order chi connectivity index (χ0) is 18.8. The molecule has 0 bridgehead atoms. The molecule has 1 aliphatic carbocycles. The number of hydrogen-bond acceptors (Lipinski definition) is 3. The van der Waals surface area contributed by atoms with E-state index in [0.29, 0.717) is 16.2 Å². The number of hydrogen-bond donors (Lipinski definition) is 1. The summed E-state index contributed by atoms with van der Waals surface area (Å²) in [4.78, 5) is 24.7. The summed E-state index contributed by atoms with van der Waals surface area (Å²) in [5, 5.41) is 9.22. The number of Topliss-reactive ketones (excluding diaryl/α,β-unsaturated/α-hetero) is 1. The average Bonchev–Trinajstić information content (AvgIpc) is 2.97. The van der Waals surface area contributed by atoms with E-state index in [9.17, 15) is 14.7 Å². The fraction of sp³-hybridized carbons (Fsp3) is 0.636. The van der Waals surface area contributed by atoms with Gasteiger partial charge in [0.2, 0.25) is 0 Å². The Morgan fingerprint density at radius 1 is 1.04 bits per heavy atom. The van der Waals surface area contributed by atoms with Crippen LogP contribution in [0.25, 0.3) is 0 Å². The average molecular weight is 377 g/mol. The minimum atomic E-state index is -0.922. The predicted molar refractivity (Wildman–Crippen MR) is 108 cm³/mol. The van der Waals surface area contributed by atoms with Crippen molar-refractivity contribution in [2.45, 2.75) is 87.7 Å². The number of carboxylic acid groups (broad SMARTS) is 1. The maximum absolute atomic E-state index is 12.7. The first-order valence-electron chi connectivity index (χ1n) is 10.2. The SMILES string of the molecule is CCCCCCCCCCC1CCC(Sc2ccccc2C(=O)O)C1=O. The van der Waals surface area contributed by atoms with Crippen molar-refractivity contribution in [3.8, 4) is 0 Å². The third-order valence-corrected chi connectivity index (χ3v) is 6.65. The summed E-state index contributed by atoms with van der Waals surface area (Å²) in [6.45, 7) is 2.24. The highest BCUT2D eigenvalue weighted by atomic mass is 32.2. The van der Waals surface area contributed by atoms with Crippen molar-refractivity contribution in [1.29, 1.82) is 0 Å². The molecule has 0 saturated heterocycles. The van der Waals surface area contributed by atoms with Gasteiger partial charge in [0, 0.05) is 10.8 Å². The van der Waals surface area contributed by atoms with Gasteiger partial charge in [0.15, 0.2) is 0 Å². The second-order valence-electron chi connectivity index (χ2n) is 7.35. The number of unbranched alkanes of at least 4 members (excludes halogenated alkanes) is 7. The minimum Gasteiger partial charge on any atom is -0.478 e. The normalized spacial score (nSPS) is 19.8. The molecular formula is C22H32O3S. The molecule has 3 nitrogen and oxygen atoms in total. The summed E-state index contributed by atoms with van der Waals surface area (Å²) in [5.41, 5.74) is 0.303. The Morgan fingerprint density at radius 2 is 1.69 bits per heavy atom. The Labute approximate surface area is 162 Å². The van der Waals surface area contributed by atoms with Crippen molar-refractivity contribution in [2.75, 3.05) is 0 Å². The molecule has 0 aromatic heterocycles. The highest BCUT2D eigenvalue weighted by molar-refractivity contribution is 8.00. The Hall–Kier alpha value is -1.29. The number of thioether (sulfide) groups is 1. The van der Waals surface area contributed by atoms with E-state index in [-0.39, 0.29) is 11.2 Å². The van der Waals surface area contributed by atoms with E-state index in [1.54, 1.807) is 12.1 Å². The van der Waals surface area contributed by atoms with Crippen LogP contribution in [0, 0.1) is 5.92 Å². The summed E-state index contributed by atoms with van der Waals surface area (Å²) in [7, 11) is 0. The molecule has 0 aliphatic heterocycles. The first-order chi connectivity index (χ1) is 12.6. The van der Waals surface area contributed by atoms with Crippen molar-refractivity contribution >= 4 is 23.5 Å². The van der Waals surface area contributed by atoms with Crippen LogP contribution >= 0.6 is 11.8 Å². The number of aromatic carboxylic acids is 1. The molecule has 1 saturated carbocycles. The molecule has 1 aromatic rings. The molecule has 26 heavy (non-hydrogen) atoms. The first kappa shape index (κ1) is 21.0. The Kier molecular flexibility index (Phi) is 9.24. The molecule has 0 spiro atoms. The fourth-order valence-corrected chi connectivity index (χ4v) is 5.04. The molecule has 2 rings (SSSR count). The lowest BCUT2D eigenvalue weighted by molar-refractivity contribution is -0.120. The second kappa shape index (κ2) is 11.4. The van der Waals surface area contributed by atoms with Gasteiger partial charge in [0.05, 0.1) is 10.8 Å². The predicted octanol–water partition coefficient (Wildman–Crippen LogP) is 6.36. The van der Waals surface area contributed by atoms with Crippen LogP contribution in [0.1, 0.15) is 87.9 Å². The molecule has 4 heteroatoms. The van der Waals surface area contributed by atoms with Crippen molar-refractivity contribution in [3.05, 3.63) is 29.8 Å². The third-order valence-electron chi connectivity index (χ3n) is 5.29. The van der Waals surface area contributed by atoms with Crippen molar-refractivity contribution in [1.82, 2.24) is 0 Å². The van der Waals surface area contributed by atoms with Gasteiger partial charge in [0.25, 0.3) is 0 Å². The van der Waals surface area contributed by atoms with Crippen LogP contribution < -0.4 is 0 Å². The van der Waals surface area contributed by atoms with E-state index in [1.165, 1.54) is 56.7 Å². The van der Waals surface area contributed by atoms with Gasteiger partial charge in [-0.05, 0) is 31.4 Å². The zero-order valence-corrected chi connectivity index (χ0v) is 16.7. The van der Waals surface area contributed by atoms with Crippen molar-refractivity contribution in [2.24, 2.45) is 5.92 Å². The molecule has 0 radical (unpaired) electrons. The molecule has 1 aliphatic rings. The van der Waals surface area contributed by atoms with Crippen molar-refractivity contribution < 1.29 is 14.7 Å². The lowest BCUT2D eigenvalue weighted by atomic mass is 9.98. The van der Waals surface area contributed by atoms with Gasteiger partial charge in [-0.2, -0.15) is 0 Å². The minimum absolute atomic E-state index is 0.0745. The lowest BCUT2D eigenvalue weighted by Crippen LogP contribution is -2.16. The van der Waals surface area contributed by atoms with E-state index in [4.69, 9.17) is 0 Å². The molecule has 2 unspecified atom stereocenters. The fourth-order valence-electron chi connectivity index (χ4n) is 3.73. The number of ketones is 1. The second-order valence-corrected chi connectivity index (χ2v) is 8.59. The lowest BCUT2D eigenvalue weighted by Gasteiger charge is -2.12. The smallest absolute Gasteiger partial charge is 0.336 e. The number of carbonyl (C=O) groups is 2. The Bertz CT molecular complexity index is 585. The van der Waals surface area contributed by atoms with Gasteiger partial charge in [-0.15, -0.1) is 11.8 Å². The number of benzene rings is 1. The van der Waals surface area contributed by atoms with E-state index >= 15 is 0 Å². The van der Waals surface area contributed by atoms with Gasteiger partial charge in [-0.25, -0.2) is 4.79 Å². The molecule has 1 fully saturated rings. The van der Waals surface area contributed by atoms with Gasteiger partial charge in [0.1, 0.15) is 5.78 Å². The highest BCUT2D eigenvalue weighted by Gasteiger charge is 2.34. The zero-order valence-electron chi connectivity index (χ0n) is 15.9. The molecular weight excluding hydrogens is 344 g/mol. The van der Waals surface area contributed by atoms with Crippen LogP contribution in [0.3, 0.4) is 0 Å². The highest BCUT2D eigenvalue weighted by Crippen LogP contribution is 2.38. The monoisotopic (exact) mass is 376 g/mol. The Balaban J connectivity index is 1.70. The number of rotatable bonds is 12. The van der Waals surface area contributed by atoms with E-state index in [2.05, 4.69) is 6.92 Å². The van der Waals surface area contributed by atoms with Gasteiger partial charge in [-0.1, -0.05) is 70.4 Å². The van der Waals surface area contributed by atoms with Crippen LogP contribution in [0.4, 0.5) is 0 Å². The summed E-state index contributed by atoms with van der Waals surface area (Å²) >= 11 is 1.44. The summed E-state index contributed by atoms with van der Waals surface area (Å²) < 4.78 is 0. The van der Waals surface area contributed by atoms with E-state index < -0.39 is 5.97 Å². The van der Waals surface area contributed by atoms with Crippen LogP contribution in [-0.2, 0) is 4.79 Å². The standard InChI is InChI=1S/C22H32O3S/c1-2-3-4-5-6-7-8-9-12-17-15-16-20(21(17)23)26-19-14-11-10-13-18(19)22(24)25/h10-11,13-14,17,20H,2-9,12,15-16H2,1H3,(H,24,25). The van der Waals surface area contributed by atoms with Gasteiger partial charge in [-0.3, -0.25) is 4.79 Å². The van der Waals surface area contributed by atoms with Crippen LogP contribution in [-0.4, -0.2) is 22.1 Å². The molecule has 0 heterocycles. The van der Waals surface area contributed by atoms with Crippen LogP contribution in [0.5, 0.6) is 0 Å². The Morgan fingerprint density at radius 3 is 2.38 bits per heavy atom. The van der Waals surface area contributed by atoms with Gasteiger partial charge >= 0.3 is 5.97 Å². The third kappa shape index (κ3) is 6.46. The maximum atomic E-state index is 12.7. The summed E-state index contributed by atoms with van der Waals surface area (Å²) in [5.74, 6) is -0.406. The van der Waals surface area contributed by atoms with E-state index in [1.807, 2.05) is 12.1 Å². The molecule has 0 amide bonds. The topological polar surface area (TPSA) is 54.4 Å². The molecule has 2 atom stereocenters. The molecule has 144 valence electrons. The summed E-state index contributed by atoms with van der Waals surface area (Å²) in [6, 6.07) is 7.00. The summed E-state index contributed by atoms with van der Waals surface area (Å²) in [6.07, 6.45) is 13.2. The molecule has 1 N–H and O–H groups in total. The largest absolute Gasteiger partial charge is 0.478 e. The molecule has 1 aromatic carbocycles. The maximum Gasteiger partial charge on any atom is 0.336 e.